The summed E-state index contributed by atoms with van der Waals surface area (Å²) in [5.74, 6) is 0. The highest BCUT2D eigenvalue weighted by Gasteiger charge is 2.53. The molecule has 1 rings (SSSR count). The minimum atomic E-state index is -0.926. The summed E-state index contributed by atoms with van der Waals surface area (Å²) in [6.45, 7) is 0. The number of nitrogens with zero attached hydrogens (tertiary/aromatic N) is 1. The Morgan fingerprint density at radius 3 is 2.25 bits per heavy atom. The van der Waals surface area contributed by atoms with Crippen LogP contribution in [-0.4, -0.2) is 15.6 Å². The molecule has 1 atom stereocenters. The third kappa shape index (κ3) is 0.702. The van der Waals surface area contributed by atoms with Crippen LogP contribution in [0.3, 0.4) is 0 Å². The maximum absolute atomic E-state index is 10.6. The summed E-state index contributed by atoms with van der Waals surface area (Å²) in [4.78, 5) is 0. The van der Waals surface area contributed by atoms with Gasteiger partial charge < -0.3 is 4.55 Å². The van der Waals surface area contributed by atoms with Gasteiger partial charge in [0, 0.05) is 12.8 Å². The Bertz CT molecular complexity index is 134. The van der Waals surface area contributed by atoms with Gasteiger partial charge in [-0.2, -0.15) is 5.26 Å². The first-order valence-corrected chi connectivity index (χ1v) is 4.02. The summed E-state index contributed by atoms with van der Waals surface area (Å²) in [7, 11) is 0. The molecule has 0 N–H and O–H groups in total. The summed E-state index contributed by atoms with van der Waals surface area (Å²) in [6.07, 6.45) is 3.25. The van der Waals surface area contributed by atoms with Crippen molar-refractivity contribution in [3.63, 3.8) is 0 Å². The number of rotatable bonds is 1. The minimum Gasteiger partial charge on any atom is -0.615 e. The van der Waals surface area contributed by atoms with Crippen LogP contribution >= 0.6 is 0 Å². The Labute approximate surface area is 51.7 Å². The molecule has 0 heterocycles. The van der Waals surface area contributed by atoms with E-state index in [4.69, 9.17) is 5.26 Å². The van der Waals surface area contributed by atoms with Crippen molar-refractivity contribution in [1.82, 2.24) is 0 Å². The molecule has 0 aromatic carbocycles. The van der Waals surface area contributed by atoms with E-state index in [2.05, 4.69) is 6.07 Å². The van der Waals surface area contributed by atoms with Gasteiger partial charge in [0.25, 0.3) is 0 Å². The van der Waals surface area contributed by atoms with E-state index in [-0.39, 0.29) is 0 Å². The number of hydrogen-bond donors (Lipinski definition) is 0. The largest absolute Gasteiger partial charge is 0.615 e. The summed E-state index contributed by atoms with van der Waals surface area (Å²) in [6, 6.07) is 2.05. The predicted molar refractivity (Wildman–Crippen MR) is 31.6 cm³/mol. The van der Waals surface area contributed by atoms with Crippen LogP contribution in [0.4, 0.5) is 0 Å². The Balaban J connectivity index is 2.57. The van der Waals surface area contributed by atoms with Crippen LogP contribution in [0, 0.1) is 11.3 Å². The quantitative estimate of drug-likeness (QED) is 0.482. The van der Waals surface area contributed by atoms with Crippen molar-refractivity contribution in [2.24, 2.45) is 0 Å². The number of hydrogen-bond acceptors (Lipinski definition) is 2. The van der Waals surface area contributed by atoms with Gasteiger partial charge in [-0.15, -0.1) is 0 Å². The molecule has 8 heavy (non-hydrogen) atoms. The molecule has 0 saturated heterocycles. The Morgan fingerprint density at radius 2 is 2.25 bits per heavy atom. The van der Waals surface area contributed by atoms with E-state index < -0.39 is 15.9 Å². The normalized spacial score (nSPS) is 26.1. The first-order chi connectivity index (χ1) is 3.71. The van der Waals surface area contributed by atoms with Gasteiger partial charge in [0.1, 0.15) is 6.07 Å². The van der Waals surface area contributed by atoms with Crippen molar-refractivity contribution in [3.05, 3.63) is 0 Å². The average Bonchev–Trinajstić information content (AvgIpc) is 2.44. The zero-order valence-corrected chi connectivity index (χ0v) is 5.49. The highest BCUT2D eigenvalue weighted by molar-refractivity contribution is 7.92. The topological polar surface area (TPSA) is 46.8 Å². The van der Waals surface area contributed by atoms with Gasteiger partial charge in [-0.25, -0.2) is 0 Å². The lowest BCUT2D eigenvalue weighted by Crippen LogP contribution is -2.18. The fourth-order valence-electron chi connectivity index (χ4n) is 0.577. The molecule has 0 radical (unpaired) electrons. The van der Waals surface area contributed by atoms with Crippen LogP contribution in [0.1, 0.15) is 12.8 Å². The lowest BCUT2D eigenvalue weighted by molar-refractivity contribution is 0.593. The molecule has 1 aliphatic rings. The van der Waals surface area contributed by atoms with Gasteiger partial charge in [0.2, 0.25) is 4.75 Å². The van der Waals surface area contributed by atoms with Crippen LogP contribution in [-0.2, 0) is 11.2 Å². The maximum atomic E-state index is 10.6. The fraction of sp³-hybridized carbons (Fsp3) is 0.800. The third-order valence-corrected chi connectivity index (χ3v) is 3.06. The fourth-order valence-corrected chi connectivity index (χ4v) is 1.38. The first-order valence-electron chi connectivity index (χ1n) is 2.46. The molecule has 0 spiro atoms. The van der Waals surface area contributed by atoms with Gasteiger partial charge in [0.05, 0.1) is 6.26 Å². The molecule has 0 bridgehead atoms. The second kappa shape index (κ2) is 1.64. The standard InChI is InChI=1S/C5H7NOS/c1-8(7)5(4-6)2-3-5/h2-3H2,1H3. The van der Waals surface area contributed by atoms with Crippen LogP contribution in [0.25, 0.3) is 0 Å². The molecule has 1 aliphatic carbocycles. The monoisotopic (exact) mass is 129 g/mol. The van der Waals surface area contributed by atoms with E-state index in [1.807, 2.05) is 0 Å². The van der Waals surface area contributed by atoms with Gasteiger partial charge >= 0.3 is 0 Å². The summed E-state index contributed by atoms with van der Waals surface area (Å²) >= 11 is -0.926. The molecule has 0 aliphatic heterocycles. The summed E-state index contributed by atoms with van der Waals surface area (Å²) in [5.41, 5.74) is 0. The Kier molecular flexibility index (Phi) is 1.22. The van der Waals surface area contributed by atoms with Crippen molar-refractivity contribution in [2.45, 2.75) is 17.6 Å². The Hall–Kier alpha value is -0.200. The highest BCUT2D eigenvalue weighted by Crippen LogP contribution is 2.41. The zero-order chi connectivity index (χ0) is 6.20. The van der Waals surface area contributed by atoms with Crippen LogP contribution in [0.5, 0.6) is 0 Å². The van der Waals surface area contributed by atoms with E-state index >= 15 is 0 Å². The molecule has 1 fully saturated rings. The van der Waals surface area contributed by atoms with E-state index in [1.165, 1.54) is 0 Å². The van der Waals surface area contributed by atoms with Gasteiger partial charge in [0.15, 0.2) is 0 Å². The molecule has 1 saturated carbocycles. The number of nitriles is 1. The molecular formula is C5H7NOS. The van der Waals surface area contributed by atoms with Crippen molar-refractivity contribution < 1.29 is 4.55 Å². The van der Waals surface area contributed by atoms with Crippen molar-refractivity contribution in [2.75, 3.05) is 6.26 Å². The van der Waals surface area contributed by atoms with E-state index in [1.54, 1.807) is 6.26 Å². The minimum absolute atomic E-state index is 0.431. The first kappa shape index (κ1) is 5.93. The lowest BCUT2D eigenvalue weighted by atomic mass is 10.5. The van der Waals surface area contributed by atoms with Crippen molar-refractivity contribution in [3.8, 4) is 6.07 Å². The molecule has 2 nitrogen and oxygen atoms in total. The molecule has 3 heteroatoms. The second-order valence-electron chi connectivity index (χ2n) is 2.06. The molecular weight excluding hydrogens is 122 g/mol. The van der Waals surface area contributed by atoms with Gasteiger partial charge in [-0.3, -0.25) is 0 Å². The smallest absolute Gasteiger partial charge is 0.210 e. The molecule has 0 aromatic heterocycles. The van der Waals surface area contributed by atoms with Gasteiger partial charge in [-0.1, -0.05) is 0 Å². The van der Waals surface area contributed by atoms with Crippen LogP contribution < -0.4 is 0 Å². The summed E-state index contributed by atoms with van der Waals surface area (Å²) < 4.78 is 10.2. The molecule has 0 amide bonds. The lowest BCUT2D eigenvalue weighted by Gasteiger charge is -2.07. The zero-order valence-electron chi connectivity index (χ0n) is 4.68. The van der Waals surface area contributed by atoms with Crippen molar-refractivity contribution in [1.29, 1.82) is 5.26 Å². The predicted octanol–water partition coefficient (Wildman–Crippen LogP) is 0.421. The van der Waals surface area contributed by atoms with E-state index in [0.717, 1.165) is 12.8 Å². The van der Waals surface area contributed by atoms with Crippen LogP contribution in [0.2, 0.25) is 0 Å². The Morgan fingerprint density at radius 1 is 1.75 bits per heavy atom. The average molecular weight is 129 g/mol. The highest BCUT2D eigenvalue weighted by atomic mass is 32.2. The molecule has 1 unspecified atom stereocenters. The second-order valence-corrected chi connectivity index (χ2v) is 3.75. The summed E-state index contributed by atoms with van der Waals surface area (Å²) in [5, 5.41) is 8.38. The van der Waals surface area contributed by atoms with Crippen molar-refractivity contribution >= 4 is 11.2 Å². The maximum Gasteiger partial charge on any atom is 0.210 e. The van der Waals surface area contributed by atoms with Gasteiger partial charge in [-0.05, 0) is 11.2 Å². The SMILES string of the molecule is C[S+]([O-])C1(C#N)CC1. The molecule has 0 aromatic rings. The van der Waals surface area contributed by atoms with E-state index in [0.29, 0.717) is 0 Å². The third-order valence-electron chi connectivity index (χ3n) is 1.46. The molecule has 44 valence electrons. The van der Waals surface area contributed by atoms with E-state index in [9.17, 15) is 4.55 Å². The van der Waals surface area contributed by atoms with Crippen LogP contribution in [0.15, 0.2) is 0 Å².